The van der Waals surface area contributed by atoms with E-state index < -0.39 is 12.2 Å². The summed E-state index contributed by atoms with van der Waals surface area (Å²) in [5.41, 5.74) is 9.37. The third kappa shape index (κ3) is 3.21. The summed E-state index contributed by atoms with van der Waals surface area (Å²) in [6.45, 7) is 1.69. The number of hydrogen-bond acceptors (Lipinski definition) is 4. The largest absolute Gasteiger partial charge is 0.390 e. The molecule has 15 heavy (non-hydrogen) atoms. The molecule has 0 spiro atoms. The number of aryl methyl sites for hydroxylation is 1. The molecule has 80 valence electrons. The van der Waals surface area contributed by atoms with E-state index in [-0.39, 0.29) is 6.54 Å². The lowest BCUT2D eigenvalue weighted by Crippen LogP contribution is -2.22. The van der Waals surface area contributed by atoms with Crippen molar-refractivity contribution in [3.8, 4) is 0 Å². The third-order valence-corrected chi connectivity index (χ3v) is 1.94. The average Bonchev–Trinajstić information content (AvgIpc) is 2.24. The average molecular weight is 208 g/mol. The molecular weight excluding hydrogens is 196 g/mol. The predicted molar refractivity (Wildman–Crippen MR) is 54.0 cm³/mol. The van der Waals surface area contributed by atoms with Crippen molar-refractivity contribution in [3.63, 3.8) is 0 Å². The van der Waals surface area contributed by atoms with Crippen LogP contribution < -0.4 is 0 Å². The molecule has 6 nitrogen and oxygen atoms in total. The van der Waals surface area contributed by atoms with E-state index in [0.717, 1.165) is 5.56 Å². The van der Waals surface area contributed by atoms with E-state index in [1.165, 1.54) is 0 Å². The van der Waals surface area contributed by atoms with E-state index in [1.54, 1.807) is 18.3 Å². The first kappa shape index (κ1) is 11.5. The lowest BCUT2D eigenvalue weighted by Gasteiger charge is -2.15. The van der Waals surface area contributed by atoms with Gasteiger partial charge in [-0.15, -0.1) is 0 Å². The van der Waals surface area contributed by atoms with Crippen LogP contribution in [0.5, 0.6) is 0 Å². The van der Waals surface area contributed by atoms with Crippen molar-refractivity contribution in [3.05, 3.63) is 40.0 Å². The first-order valence-corrected chi connectivity index (χ1v) is 4.44. The number of azide groups is 1. The molecular formula is C9H12N4O2. The molecule has 0 bridgehead atoms. The normalized spacial score (nSPS) is 14.1. The van der Waals surface area contributed by atoms with Crippen LogP contribution in [-0.4, -0.2) is 27.8 Å². The summed E-state index contributed by atoms with van der Waals surface area (Å²) >= 11 is 0. The molecule has 2 unspecified atom stereocenters. The van der Waals surface area contributed by atoms with Crippen LogP contribution in [0.1, 0.15) is 17.4 Å². The molecule has 2 atom stereocenters. The van der Waals surface area contributed by atoms with Crippen molar-refractivity contribution in [1.82, 2.24) is 4.98 Å². The fourth-order valence-electron chi connectivity index (χ4n) is 1.14. The molecule has 6 heteroatoms. The second-order valence-corrected chi connectivity index (χ2v) is 3.18. The Kier molecular flexibility index (Phi) is 4.05. The highest BCUT2D eigenvalue weighted by Gasteiger charge is 2.18. The summed E-state index contributed by atoms with van der Waals surface area (Å²) in [7, 11) is 0. The van der Waals surface area contributed by atoms with Gasteiger partial charge in [-0.05, 0) is 30.2 Å². The van der Waals surface area contributed by atoms with E-state index in [2.05, 4.69) is 15.0 Å². The Labute approximate surface area is 86.8 Å². The summed E-state index contributed by atoms with van der Waals surface area (Å²) in [6.07, 6.45) is -0.709. The van der Waals surface area contributed by atoms with Crippen LogP contribution in [0, 0.1) is 6.92 Å². The van der Waals surface area contributed by atoms with E-state index in [1.807, 2.05) is 6.92 Å². The van der Waals surface area contributed by atoms with Crippen molar-refractivity contribution in [2.75, 3.05) is 6.54 Å². The van der Waals surface area contributed by atoms with Gasteiger partial charge >= 0.3 is 0 Å². The molecule has 1 aromatic rings. The van der Waals surface area contributed by atoms with Crippen molar-refractivity contribution < 1.29 is 10.2 Å². The van der Waals surface area contributed by atoms with Gasteiger partial charge in [-0.2, -0.15) is 0 Å². The Morgan fingerprint density at radius 3 is 2.93 bits per heavy atom. The number of aliphatic hydroxyl groups is 2. The van der Waals surface area contributed by atoms with Gasteiger partial charge in [0.2, 0.25) is 0 Å². The van der Waals surface area contributed by atoms with Crippen molar-refractivity contribution >= 4 is 0 Å². The van der Waals surface area contributed by atoms with E-state index in [0.29, 0.717) is 5.69 Å². The van der Waals surface area contributed by atoms with Gasteiger partial charge in [0.25, 0.3) is 0 Å². The van der Waals surface area contributed by atoms with Crippen LogP contribution in [0.15, 0.2) is 23.4 Å². The Hall–Kier alpha value is -1.62. The van der Waals surface area contributed by atoms with Gasteiger partial charge in [0.1, 0.15) is 6.10 Å². The fraction of sp³-hybridized carbons (Fsp3) is 0.444. The first-order valence-electron chi connectivity index (χ1n) is 4.44. The lowest BCUT2D eigenvalue weighted by atomic mass is 10.1. The number of rotatable bonds is 4. The molecule has 2 N–H and O–H groups in total. The van der Waals surface area contributed by atoms with Crippen LogP contribution in [0.3, 0.4) is 0 Å². The second kappa shape index (κ2) is 5.31. The highest BCUT2D eigenvalue weighted by Crippen LogP contribution is 2.15. The zero-order valence-electron chi connectivity index (χ0n) is 8.28. The molecule has 0 aliphatic rings. The number of hydrogen-bond donors (Lipinski definition) is 2. The number of pyridine rings is 1. The number of nitrogens with zero attached hydrogens (tertiary/aromatic N) is 4. The Morgan fingerprint density at radius 1 is 1.60 bits per heavy atom. The zero-order valence-corrected chi connectivity index (χ0v) is 8.28. The van der Waals surface area contributed by atoms with Crippen LogP contribution in [-0.2, 0) is 0 Å². The summed E-state index contributed by atoms with van der Waals surface area (Å²) in [5, 5.41) is 22.3. The fourth-order valence-corrected chi connectivity index (χ4v) is 1.14. The molecule has 0 saturated carbocycles. The Balaban J connectivity index is 2.75. The number of aliphatic hydroxyl groups excluding tert-OH is 2. The monoisotopic (exact) mass is 208 g/mol. The van der Waals surface area contributed by atoms with E-state index in [9.17, 15) is 10.2 Å². The Morgan fingerprint density at radius 2 is 2.33 bits per heavy atom. The van der Waals surface area contributed by atoms with Gasteiger partial charge in [0.05, 0.1) is 18.3 Å². The molecule has 1 heterocycles. The van der Waals surface area contributed by atoms with Gasteiger partial charge in [-0.25, -0.2) is 0 Å². The minimum Gasteiger partial charge on any atom is -0.390 e. The highest BCUT2D eigenvalue weighted by atomic mass is 16.3. The van der Waals surface area contributed by atoms with Crippen molar-refractivity contribution in [2.45, 2.75) is 19.1 Å². The summed E-state index contributed by atoms with van der Waals surface area (Å²) in [4.78, 5) is 6.43. The molecule has 1 aromatic heterocycles. The topological polar surface area (TPSA) is 102 Å². The SMILES string of the molecule is Cc1ccnc(C(O)C(O)CN=[N+]=[N-])c1. The van der Waals surface area contributed by atoms with Crippen LogP contribution in [0.25, 0.3) is 10.4 Å². The van der Waals surface area contributed by atoms with Crippen LogP contribution in [0.4, 0.5) is 0 Å². The van der Waals surface area contributed by atoms with E-state index in [4.69, 9.17) is 5.53 Å². The molecule has 1 rings (SSSR count). The maximum atomic E-state index is 9.64. The van der Waals surface area contributed by atoms with Crippen LogP contribution in [0.2, 0.25) is 0 Å². The van der Waals surface area contributed by atoms with Crippen LogP contribution >= 0.6 is 0 Å². The third-order valence-electron chi connectivity index (χ3n) is 1.94. The maximum absolute atomic E-state index is 9.64. The summed E-state index contributed by atoms with van der Waals surface area (Å²) in [5.74, 6) is 0. The molecule has 0 aliphatic carbocycles. The molecule has 0 fully saturated rings. The molecule has 0 aromatic carbocycles. The zero-order chi connectivity index (χ0) is 11.3. The minimum atomic E-state index is -1.13. The van der Waals surface area contributed by atoms with Gasteiger partial charge in [-0.1, -0.05) is 5.11 Å². The number of aromatic nitrogens is 1. The smallest absolute Gasteiger partial charge is 0.122 e. The first-order chi connectivity index (χ1) is 7.15. The van der Waals surface area contributed by atoms with Gasteiger partial charge in [0.15, 0.2) is 0 Å². The molecule has 0 saturated heterocycles. The van der Waals surface area contributed by atoms with Gasteiger partial charge in [0, 0.05) is 11.1 Å². The molecule has 0 aliphatic heterocycles. The van der Waals surface area contributed by atoms with Crippen molar-refractivity contribution in [2.24, 2.45) is 5.11 Å². The Bertz CT molecular complexity index is 376. The summed E-state index contributed by atoms with van der Waals surface area (Å²) in [6, 6.07) is 3.46. The quantitative estimate of drug-likeness (QED) is 0.440. The van der Waals surface area contributed by atoms with Crippen molar-refractivity contribution in [1.29, 1.82) is 0 Å². The summed E-state index contributed by atoms with van der Waals surface area (Å²) < 4.78 is 0. The second-order valence-electron chi connectivity index (χ2n) is 3.18. The minimum absolute atomic E-state index is 0.173. The molecule has 0 radical (unpaired) electrons. The molecule has 0 amide bonds. The van der Waals surface area contributed by atoms with Gasteiger partial charge < -0.3 is 10.2 Å². The lowest BCUT2D eigenvalue weighted by molar-refractivity contribution is 0.0217. The highest BCUT2D eigenvalue weighted by molar-refractivity contribution is 5.16. The standard InChI is InChI=1S/C9H12N4O2/c1-6-2-3-11-7(4-6)9(15)8(14)5-12-13-10/h2-4,8-9,14-15H,5H2,1H3. The predicted octanol–water partition coefficient (Wildman–Crippen LogP) is 1.09. The van der Waals surface area contributed by atoms with Gasteiger partial charge in [-0.3, -0.25) is 4.98 Å². The maximum Gasteiger partial charge on any atom is 0.122 e. The van der Waals surface area contributed by atoms with E-state index >= 15 is 0 Å².